The second-order valence-corrected chi connectivity index (χ2v) is 6.40. The van der Waals surface area contributed by atoms with Crippen LogP contribution in [0.25, 0.3) is 0 Å². The van der Waals surface area contributed by atoms with E-state index in [1.807, 2.05) is 0 Å². The van der Waals surface area contributed by atoms with Crippen molar-refractivity contribution in [3.63, 3.8) is 0 Å². The molecule has 0 aromatic heterocycles. The lowest BCUT2D eigenvalue weighted by Gasteiger charge is -2.44. The predicted molar refractivity (Wildman–Crippen MR) is 73.3 cm³/mol. The summed E-state index contributed by atoms with van der Waals surface area (Å²) in [5, 5.41) is 3.45. The Balaban J connectivity index is 1.55. The van der Waals surface area contributed by atoms with Crippen molar-refractivity contribution in [3.05, 3.63) is 0 Å². The van der Waals surface area contributed by atoms with Crippen LogP contribution in [0, 0.1) is 5.92 Å². The monoisotopic (exact) mass is 269 g/mol. The highest BCUT2D eigenvalue weighted by Gasteiger charge is 2.40. The molecule has 19 heavy (non-hydrogen) atoms. The summed E-state index contributed by atoms with van der Waals surface area (Å²) in [6.07, 6.45) is 6.16. The smallest absolute Gasteiger partial charge is 0.0751 e. The molecule has 0 saturated carbocycles. The largest absolute Gasteiger partial charge is 0.381 e. The van der Waals surface area contributed by atoms with Crippen molar-refractivity contribution in [2.24, 2.45) is 5.92 Å². The fraction of sp³-hybridized carbons (Fsp3) is 1.00. The summed E-state index contributed by atoms with van der Waals surface area (Å²) in [4.78, 5) is 0. The van der Waals surface area contributed by atoms with Crippen LogP contribution in [-0.2, 0) is 14.2 Å². The number of rotatable bonds is 2. The molecule has 0 aromatic carbocycles. The normalized spacial score (nSPS) is 39.3. The molecule has 4 nitrogen and oxygen atoms in total. The third-order valence-corrected chi connectivity index (χ3v) is 4.98. The number of hydrogen-bond donors (Lipinski definition) is 1. The Hall–Kier alpha value is -0.160. The number of hydrogen-bond acceptors (Lipinski definition) is 4. The third-order valence-electron chi connectivity index (χ3n) is 4.98. The summed E-state index contributed by atoms with van der Waals surface area (Å²) in [6.45, 7) is 6.99. The highest BCUT2D eigenvalue weighted by atomic mass is 16.5. The van der Waals surface area contributed by atoms with E-state index in [1.54, 1.807) is 0 Å². The maximum absolute atomic E-state index is 6.39. The first-order valence-corrected chi connectivity index (χ1v) is 7.85. The van der Waals surface area contributed by atoms with Gasteiger partial charge in [0.1, 0.15) is 0 Å². The van der Waals surface area contributed by atoms with Gasteiger partial charge in [0, 0.05) is 32.8 Å². The van der Waals surface area contributed by atoms with E-state index in [9.17, 15) is 0 Å². The van der Waals surface area contributed by atoms with Gasteiger partial charge in [-0.1, -0.05) is 6.92 Å². The lowest BCUT2D eigenvalue weighted by molar-refractivity contribution is -0.183. The zero-order chi connectivity index (χ0) is 13.1. The minimum absolute atomic E-state index is 0.0481. The van der Waals surface area contributed by atoms with Crippen molar-refractivity contribution >= 4 is 0 Å². The molecular weight excluding hydrogens is 242 g/mol. The molecule has 1 spiro atoms. The molecule has 0 bridgehead atoms. The Labute approximate surface area is 116 Å². The van der Waals surface area contributed by atoms with Crippen LogP contribution in [0.2, 0.25) is 0 Å². The first-order chi connectivity index (χ1) is 9.27. The summed E-state index contributed by atoms with van der Waals surface area (Å²) < 4.78 is 17.9. The van der Waals surface area contributed by atoms with Crippen LogP contribution in [0.5, 0.6) is 0 Å². The molecule has 0 radical (unpaired) electrons. The van der Waals surface area contributed by atoms with Gasteiger partial charge in [-0.2, -0.15) is 0 Å². The van der Waals surface area contributed by atoms with Gasteiger partial charge in [-0.3, -0.25) is 0 Å². The summed E-state index contributed by atoms with van der Waals surface area (Å²) in [5.74, 6) is 0.676. The van der Waals surface area contributed by atoms with Crippen LogP contribution in [0.3, 0.4) is 0 Å². The third kappa shape index (κ3) is 3.30. The molecule has 3 saturated heterocycles. The molecular formula is C15H27NO3. The molecule has 0 aliphatic carbocycles. The minimum atomic E-state index is 0.0481. The molecule has 3 aliphatic rings. The molecule has 3 unspecified atom stereocenters. The lowest BCUT2D eigenvalue weighted by Crippen LogP contribution is -2.49. The number of ether oxygens (including phenoxy) is 3. The van der Waals surface area contributed by atoms with E-state index in [0.29, 0.717) is 18.1 Å². The molecule has 110 valence electrons. The van der Waals surface area contributed by atoms with Gasteiger partial charge >= 0.3 is 0 Å². The van der Waals surface area contributed by atoms with E-state index in [4.69, 9.17) is 14.2 Å². The van der Waals surface area contributed by atoms with E-state index in [0.717, 1.165) is 58.6 Å². The van der Waals surface area contributed by atoms with Crippen LogP contribution >= 0.6 is 0 Å². The van der Waals surface area contributed by atoms with Crippen molar-refractivity contribution in [2.45, 2.75) is 56.8 Å². The van der Waals surface area contributed by atoms with Crippen LogP contribution < -0.4 is 5.32 Å². The maximum atomic E-state index is 6.39. The van der Waals surface area contributed by atoms with Crippen LogP contribution in [0.4, 0.5) is 0 Å². The lowest BCUT2D eigenvalue weighted by atomic mass is 9.85. The van der Waals surface area contributed by atoms with E-state index in [2.05, 4.69) is 12.2 Å². The molecule has 3 heterocycles. The fourth-order valence-electron chi connectivity index (χ4n) is 3.58. The van der Waals surface area contributed by atoms with Gasteiger partial charge < -0.3 is 19.5 Å². The van der Waals surface area contributed by atoms with Gasteiger partial charge in [0.05, 0.1) is 17.8 Å². The van der Waals surface area contributed by atoms with Crippen LogP contribution in [0.15, 0.2) is 0 Å². The zero-order valence-electron chi connectivity index (χ0n) is 12.0. The Morgan fingerprint density at radius 3 is 2.79 bits per heavy atom. The molecule has 3 rings (SSSR count). The van der Waals surface area contributed by atoms with E-state index < -0.39 is 0 Å². The SMILES string of the molecule is CC1CCNCC1OC1CCOC2(CCOCC2)C1. The van der Waals surface area contributed by atoms with Gasteiger partial charge in [-0.05, 0) is 38.1 Å². The molecule has 3 atom stereocenters. The topological polar surface area (TPSA) is 39.7 Å². The van der Waals surface area contributed by atoms with Crippen LogP contribution in [0.1, 0.15) is 39.0 Å². The molecule has 3 fully saturated rings. The van der Waals surface area contributed by atoms with Crippen molar-refractivity contribution < 1.29 is 14.2 Å². The average molecular weight is 269 g/mol. The maximum Gasteiger partial charge on any atom is 0.0751 e. The van der Waals surface area contributed by atoms with Crippen molar-refractivity contribution in [2.75, 3.05) is 32.9 Å². The van der Waals surface area contributed by atoms with E-state index in [1.165, 1.54) is 6.42 Å². The van der Waals surface area contributed by atoms with Crippen molar-refractivity contribution in [1.29, 1.82) is 0 Å². The quantitative estimate of drug-likeness (QED) is 0.829. The second kappa shape index (κ2) is 6.08. The van der Waals surface area contributed by atoms with Gasteiger partial charge in [0.2, 0.25) is 0 Å². The highest BCUT2D eigenvalue weighted by molar-refractivity contribution is 4.90. The van der Waals surface area contributed by atoms with Crippen LogP contribution in [-0.4, -0.2) is 50.7 Å². The van der Waals surface area contributed by atoms with E-state index in [-0.39, 0.29) is 5.60 Å². The van der Waals surface area contributed by atoms with Gasteiger partial charge in [0.15, 0.2) is 0 Å². The second-order valence-electron chi connectivity index (χ2n) is 6.40. The summed E-state index contributed by atoms with van der Waals surface area (Å²) in [5.41, 5.74) is 0.0481. The molecule has 3 aliphatic heterocycles. The molecule has 0 aromatic rings. The Morgan fingerprint density at radius 2 is 2.00 bits per heavy atom. The Kier molecular flexibility index (Phi) is 4.42. The summed E-state index contributed by atoms with van der Waals surface area (Å²) in [6, 6.07) is 0. The zero-order valence-corrected chi connectivity index (χ0v) is 12.0. The summed E-state index contributed by atoms with van der Waals surface area (Å²) in [7, 11) is 0. The first kappa shape index (κ1) is 13.8. The minimum Gasteiger partial charge on any atom is -0.381 e. The predicted octanol–water partition coefficient (Wildman–Crippen LogP) is 1.73. The van der Waals surface area contributed by atoms with Gasteiger partial charge in [0.25, 0.3) is 0 Å². The van der Waals surface area contributed by atoms with Gasteiger partial charge in [-0.25, -0.2) is 0 Å². The standard InChI is InChI=1S/C15H27NO3/c1-12-2-6-16-11-14(12)19-13-3-7-18-15(10-13)4-8-17-9-5-15/h12-14,16H,2-11H2,1H3. The van der Waals surface area contributed by atoms with Crippen molar-refractivity contribution in [3.8, 4) is 0 Å². The first-order valence-electron chi connectivity index (χ1n) is 7.85. The highest BCUT2D eigenvalue weighted by Crippen LogP contribution is 2.36. The molecule has 1 N–H and O–H groups in total. The Bertz CT molecular complexity index is 286. The fourth-order valence-corrected chi connectivity index (χ4v) is 3.58. The van der Waals surface area contributed by atoms with Gasteiger partial charge in [-0.15, -0.1) is 0 Å². The van der Waals surface area contributed by atoms with Crippen molar-refractivity contribution in [1.82, 2.24) is 5.32 Å². The molecule has 0 amide bonds. The van der Waals surface area contributed by atoms with E-state index >= 15 is 0 Å². The molecule has 4 heteroatoms. The number of piperidine rings is 1. The Morgan fingerprint density at radius 1 is 1.16 bits per heavy atom. The summed E-state index contributed by atoms with van der Waals surface area (Å²) >= 11 is 0. The average Bonchev–Trinajstić information content (AvgIpc) is 2.42. The number of nitrogens with one attached hydrogen (secondary N) is 1.